The number of primary amides is 1. The van der Waals surface area contributed by atoms with Crippen LogP contribution in [0.15, 0.2) is 12.3 Å². The Balaban J connectivity index is 2.79. The van der Waals surface area contributed by atoms with Gasteiger partial charge in [0.05, 0.1) is 10.9 Å². The molecule has 3 N–H and O–H groups in total. The minimum Gasteiger partial charge on any atom is -0.478 e. The topological polar surface area (TPSA) is 111 Å². The predicted octanol–water partition coefficient (Wildman–Crippen LogP) is -0.235. The normalized spacial score (nSPS) is 10.6. The van der Waals surface area contributed by atoms with Crippen molar-refractivity contribution in [1.82, 2.24) is 14.8 Å². The van der Waals surface area contributed by atoms with Crippen LogP contribution >= 0.6 is 0 Å². The molecule has 0 aliphatic heterocycles. The van der Waals surface area contributed by atoms with E-state index in [1.165, 1.54) is 16.9 Å². The van der Waals surface area contributed by atoms with Crippen molar-refractivity contribution < 1.29 is 14.7 Å². The summed E-state index contributed by atoms with van der Waals surface area (Å²) in [6.07, 6.45) is 1.21. The third kappa shape index (κ3) is 1.38. The molecule has 0 fully saturated rings. The summed E-state index contributed by atoms with van der Waals surface area (Å²) >= 11 is 0. The molecule has 2 aromatic rings. The number of amides is 1. The maximum absolute atomic E-state index is 11.1. The fourth-order valence-electron chi connectivity index (χ4n) is 1.44. The van der Waals surface area contributed by atoms with Crippen LogP contribution in [0.1, 0.15) is 20.8 Å². The molecule has 2 rings (SSSR count). The number of aromatic carboxylic acids is 1. The summed E-state index contributed by atoms with van der Waals surface area (Å²) < 4.78 is 1.38. The van der Waals surface area contributed by atoms with Gasteiger partial charge in [0.2, 0.25) is 0 Å². The number of pyridine rings is 1. The molecule has 82 valence electrons. The Morgan fingerprint density at radius 2 is 2.19 bits per heavy atom. The first-order chi connectivity index (χ1) is 7.50. The number of hydrogen-bond donors (Lipinski definition) is 2. The van der Waals surface area contributed by atoms with Crippen LogP contribution in [0.4, 0.5) is 0 Å². The van der Waals surface area contributed by atoms with Crippen molar-refractivity contribution in [3.8, 4) is 0 Å². The van der Waals surface area contributed by atoms with Gasteiger partial charge in [0.1, 0.15) is 0 Å². The molecule has 0 saturated carbocycles. The van der Waals surface area contributed by atoms with E-state index in [0.29, 0.717) is 11.0 Å². The monoisotopic (exact) mass is 220 g/mol. The van der Waals surface area contributed by atoms with Crippen molar-refractivity contribution in [1.29, 1.82) is 0 Å². The number of aryl methyl sites for hydroxylation is 1. The van der Waals surface area contributed by atoms with Gasteiger partial charge in [-0.05, 0) is 6.07 Å². The molecule has 7 heteroatoms. The first-order valence-corrected chi connectivity index (χ1v) is 4.36. The lowest BCUT2D eigenvalue weighted by Gasteiger charge is -1.95. The van der Waals surface area contributed by atoms with Gasteiger partial charge in [0, 0.05) is 13.2 Å². The summed E-state index contributed by atoms with van der Waals surface area (Å²) in [7, 11) is 1.60. The fourth-order valence-corrected chi connectivity index (χ4v) is 1.44. The van der Waals surface area contributed by atoms with E-state index in [4.69, 9.17) is 10.8 Å². The van der Waals surface area contributed by atoms with E-state index < -0.39 is 11.9 Å². The average molecular weight is 220 g/mol. The minimum atomic E-state index is -1.12. The van der Waals surface area contributed by atoms with E-state index in [1.54, 1.807) is 7.05 Å². The SMILES string of the molecule is Cn1nc(C(N)=O)c2cc(C(=O)O)cnc21. The van der Waals surface area contributed by atoms with E-state index in [-0.39, 0.29) is 11.3 Å². The van der Waals surface area contributed by atoms with Crippen molar-refractivity contribution in [2.45, 2.75) is 0 Å². The van der Waals surface area contributed by atoms with Gasteiger partial charge in [-0.25, -0.2) is 14.5 Å². The van der Waals surface area contributed by atoms with Gasteiger partial charge >= 0.3 is 5.97 Å². The zero-order valence-corrected chi connectivity index (χ0v) is 8.34. The Bertz CT molecular complexity index is 602. The maximum atomic E-state index is 11.1. The lowest BCUT2D eigenvalue weighted by molar-refractivity contribution is 0.0696. The molecular weight excluding hydrogens is 212 g/mol. The highest BCUT2D eigenvalue weighted by atomic mass is 16.4. The highest BCUT2D eigenvalue weighted by Crippen LogP contribution is 2.16. The molecule has 0 saturated heterocycles. The quantitative estimate of drug-likeness (QED) is 0.725. The average Bonchev–Trinajstić information content (AvgIpc) is 2.56. The third-order valence-corrected chi connectivity index (χ3v) is 2.16. The molecule has 16 heavy (non-hydrogen) atoms. The Kier molecular flexibility index (Phi) is 2.08. The van der Waals surface area contributed by atoms with E-state index in [0.717, 1.165) is 0 Å². The van der Waals surface area contributed by atoms with E-state index in [2.05, 4.69) is 10.1 Å². The van der Waals surface area contributed by atoms with Crippen LogP contribution in [-0.4, -0.2) is 31.7 Å². The second-order valence-corrected chi connectivity index (χ2v) is 3.24. The largest absolute Gasteiger partial charge is 0.478 e. The Morgan fingerprint density at radius 3 is 2.75 bits per heavy atom. The summed E-state index contributed by atoms with van der Waals surface area (Å²) in [6, 6.07) is 1.33. The van der Waals surface area contributed by atoms with Crippen molar-refractivity contribution in [2.75, 3.05) is 0 Å². The predicted molar refractivity (Wildman–Crippen MR) is 54.0 cm³/mol. The number of carboxylic acids is 1. The summed E-state index contributed by atoms with van der Waals surface area (Å²) in [4.78, 5) is 25.7. The zero-order chi connectivity index (χ0) is 11.9. The summed E-state index contributed by atoms with van der Waals surface area (Å²) in [5, 5.41) is 13.0. The van der Waals surface area contributed by atoms with E-state index >= 15 is 0 Å². The number of nitrogens with two attached hydrogens (primary N) is 1. The van der Waals surface area contributed by atoms with E-state index in [9.17, 15) is 9.59 Å². The van der Waals surface area contributed by atoms with Crippen LogP contribution in [-0.2, 0) is 7.05 Å². The van der Waals surface area contributed by atoms with Crippen LogP contribution in [0.5, 0.6) is 0 Å². The fraction of sp³-hybridized carbons (Fsp3) is 0.111. The number of carboxylic acid groups (broad SMARTS) is 1. The standard InChI is InChI=1S/C9H8N4O3/c1-13-8-5(6(12-13)7(10)14)2-4(3-11-8)9(15)16/h2-3H,1H3,(H2,10,14)(H,15,16). The number of rotatable bonds is 2. The summed E-state index contributed by atoms with van der Waals surface area (Å²) in [6.45, 7) is 0. The first kappa shape index (κ1) is 10.1. The zero-order valence-electron chi connectivity index (χ0n) is 8.34. The molecule has 0 bridgehead atoms. The molecule has 0 unspecified atom stereocenters. The second-order valence-electron chi connectivity index (χ2n) is 3.24. The van der Waals surface area contributed by atoms with Crippen molar-refractivity contribution in [3.05, 3.63) is 23.5 Å². The van der Waals surface area contributed by atoms with Crippen LogP contribution in [0.3, 0.4) is 0 Å². The number of fused-ring (bicyclic) bond motifs is 1. The molecule has 2 heterocycles. The molecule has 0 spiro atoms. The molecule has 0 atom stereocenters. The highest BCUT2D eigenvalue weighted by Gasteiger charge is 2.16. The van der Waals surface area contributed by atoms with Gasteiger partial charge in [0.25, 0.3) is 5.91 Å². The molecular formula is C9H8N4O3. The number of carbonyl (C=O) groups excluding carboxylic acids is 1. The highest BCUT2D eigenvalue weighted by molar-refractivity contribution is 6.04. The molecule has 1 amide bonds. The number of aromatic nitrogens is 3. The lowest BCUT2D eigenvalue weighted by Crippen LogP contribution is -2.12. The van der Waals surface area contributed by atoms with Crippen molar-refractivity contribution >= 4 is 22.9 Å². The van der Waals surface area contributed by atoms with Gasteiger partial charge in [0.15, 0.2) is 11.3 Å². The van der Waals surface area contributed by atoms with Crippen LogP contribution in [0.2, 0.25) is 0 Å². The van der Waals surface area contributed by atoms with Gasteiger partial charge in [-0.15, -0.1) is 0 Å². The molecule has 7 nitrogen and oxygen atoms in total. The van der Waals surface area contributed by atoms with Gasteiger partial charge in [-0.2, -0.15) is 5.10 Å². The van der Waals surface area contributed by atoms with Gasteiger partial charge in [-0.3, -0.25) is 4.79 Å². The van der Waals surface area contributed by atoms with Crippen molar-refractivity contribution in [3.63, 3.8) is 0 Å². The number of hydrogen-bond acceptors (Lipinski definition) is 4. The molecule has 0 radical (unpaired) electrons. The van der Waals surface area contributed by atoms with Gasteiger partial charge < -0.3 is 10.8 Å². The van der Waals surface area contributed by atoms with Crippen molar-refractivity contribution in [2.24, 2.45) is 12.8 Å². The first-order valence-electron chi connectivity index (χ1n) is 4.36. The number of nitrogens with zero attached hydrogens (tertiary/aromatic N) is 3. The Hall–Kier alpha value is -2.44. The summed E-state index contributed by atoms with van der Waals surface area (Å²) in [5.74, 6) is -1.83. The van der Waals surface area contributed by atoms with Crippen LogP contribution in [0, 0.1) is 0 Å². The summed E-state index contributed by atoms with van der Waals surface area (Å²) in [5.41, 5.74) is 5.56. The Labute approximate surface area is 89.5 Å². The van der Waals surface area contributed by atoms with E-state index in [1.807, 2.05) is 0 Å². The molecule has 0 aliphatic rings. The smallest absolute Gasteiger partial charge is 0.337 e. The Morgan fingerprint density at radius 1 is 1.50 bits per heavy atom. The molecule has 0 aliphatic carbocycles. The molecule has 2 aromatic heterocycles. The third-order valence-electron chi connectivity index (χ3n) is 2.16. The van der Waals surface area contributed by atoms with Crippen LogP contribution < -0.4 is 5.73 Å². The lowest BCUT2D eigenvalue weighted by atomic mass is 10.2. The van der Waals surface area contributed by atoms with Crippen LogP contribution in [0.25, 0.3) is 11.0 Å². The minimum absolute atomic E-state index is 0.0111. The van der Waals surface area contributed by atoms with Gasteiger partial charge in [-0.1, -0.05) is 0 Å². The number of carbonyl (C=O) groups is 2. The molecule has 0 aromatic carbocycles. The maximum Gasteiger partial charge on any atom is 0.337 e. The second kappa shape index (κ2) is 3.30.